The molecule has 2 amide bonds. The molecule has 0 bridgehead atoms. The summed E-state index contributed by atoms with van der Waals surface area (Å²) in [5.74, 6) is -1.77. The number of ether oxygens (including phenoxy) is 1. The van der Waals surface area contributed by atoms with Crippen LogP contribution in [0.15, 0.2) is 42.5 Å². The maximum atomic E-state index is 12.2. The van der Waals surface area contributed by atoms with Crippen LogP contribution in [0.1, 0.15) is 43.1 Å². The van der Waals surface area contributed by atoms with Crippen LogP contribution in [0.4, 0.5) is 11.4 Å². The Hall–Kier alpha value is -3.46. The average Bonchev–Trinajstić information content (AvgIpc) is 2.72. The largest absolute Gasteiger partial charge is 0.456 e. The zero-order valence-electron chi connectivity index (χ0n) is 17.9. The van der Waals surface area contributed by atoms with Crippen LogP contribution in [-0.4, -0.2) is 35.9 Å². The maximum absolute atomic E-state index is 12.2. The Morgan fingerprint density at radius 3 is 2.34 bits per heavy atom. The zero-order chi connectivity index (χ0) is 23.9. The van der Waals surface area contributed by atoms with Crippen LogP contribution < -0.4 is 10.6 Å². The van der Waals surface area contributed by atoms with Crippen LogP contribution in [0.5, 0.6) is 0 Å². The fourth-order valence-electron chi connectivity index (χ4n) is 2.67. The van der Waals surface area contributed by atoms with E-state index in [0.29, 0.717) is 5.56 Å². The highest BCUT2D eigenvalue weighted by Gasteiger charge is 2.18. The highest BCUT2D eigenvalue weighted by atomic mass is 35.5. The summed E-state index contributed by atoms with van der Waals surface area (Å²) in [7, 11) is 0. The molecular weight excluding hydrogens is 438 g/mol. The number of carbonyl (C=O) groups is 3. The summed E-state index contributed by atoms with van der Waals surface area (Å²) in [6, 6.07) is 11.0. The number of nitro benzene ring substituents is 1. The maximum Gasteiger partial charge on any atom is 0.308 e. The molecule has 2 aromatic carbocycles. The molecule has 0 saturated heterocycles. The van der Waals surface area contributed by atoms with Gasteiger partial charge in [-0.15, -0.1) is 0 Å². The Bertz CT molecular complexity index is 1020. The molecule has 0 aliphatic rings. The Morgan fingerprint density at radius 1 is 1.09 bits per heavy atom. The third-order valence-electron chi connectivity index (χ3n) is 4.42. The van der Waals surface area contributed by atoms with Crippen LogP contribution in [0.25, 0.3) is 0 Å². The lowest BCUT2D eigenvalue weighted by Crippen LogP contribution is -2.28. The molecule has 32 heavy (non-hydrogen) atoms. The molecule has 0 fully saturated rings. The van der Waals surface area contributed by atoms with E-state index in [1.807, 2.05) is 12.1 Å². The highest BCUT2D eigenvalue weighted by Crippen LogP contribution is 2.27. The van der Waals surface area contributed by atoms with E-state index in [1.54, 1.807) is 12.1 Å². The number of anilines is 1. The fraction of sp³-hybridized carbons (Fsp3) is 0.318. The number of rotatable bonds is 8. The first-order valence-corrected chi connectivity index (χ1v) is 10.1. The Kier molecular flexibility index (Phi) is 8.31. The van der Waals surface area contributed by atoms with Crippen molar-refractivity contribution < 1.29 is 24.0 Å². The number of nitrogens with one attached hydrogen (secondary N) is 2. The number of benzene rings is 2. The topological polar surface area (TPSA) is 128 Å². The number of nitrogens with zero attached hydrogens (tertiary/aromatic N) is 1. The monoisotopic (exact) mass is 461 g/mol. The molecule has 0 heterocycles. The van der Waals surface area contributed by atoms with Gasteiger partial charge >= 0.3 is 5.97 Å². The zero-order valence-corrected chi connectivity index (χ0v) is 18.7. The lowest BCUT2D eigenvalue weighted by molar-refractivity contribution is -0.383. The molecule has 2 aromatic rings. The lowest BCUT2D eigenvalue weighted by atomic mass is 9.87. The normalized spacial score (nSPS) is 10.9. The van der Waals surface area contributed by atoms with Crippen LogP contribution >= 0.6 is 11.6 Å². The van der Waals surface area contributed by atoms with Gasteiger partial charge in [0.15, 0.2) is 6.61 Å². The van der Waals surface area contributed by atoms with Gasteiger partial charge in [0.25, 0.3) is 17.5 Å². The Balaban J connectivity index is 1.76. The molecule has 0 unspecified atom stereocenters. The summed E-state index contributed by atoms with van der Waals surface area (Å²) in [4.78, 5) is 46.3. The van der Waals surface area contributed by atoms with Crippen molar-refractivity contribution in [2.45, 2.75) is 32.6 Å². The van der Waals surface area contributed by atoms with Gasteiger partial charge in [-0.2, -0.15) is 0 Å². The van der Waals surface area contributed by atoms with Crippen LogP contribution in [0.3, 0.4) is 0 Å². The predicted octanol–water partition coefficient (Wildman–Crippen LogP) is 3.85. The average molecular weight is 462 g/mol. The van der Waals surface area contributed by atoms with Crippen molar-refractivity contribution in [2.75, 3.05) is 18.5 Å². The van der Waals surface area contributed by atoms with Crippen molar-refractivity contribution in [3.8, 4) is 0 Å². The number of carbonyl (C=O) groups excluding carboxylic acids is 3. The standard InChI is InChI=1S/C22H24ClN3O6/c1-22(2,3)15-6-4-14(5-7-15)21(29)24-11-10-20(28)32-13-19(27)25-17-9-8-16(23)12-18(17)26(30)31/h4-9,12H,10-11,13H2,1-3H3,(H,24,29)(H,25,27). The Morgan fingerprint density at radius 2 is 1.75 bits per heavy atom. The van der Waals surface area contributed by atoms with E-state index < -0.39 is 23.4 Å². The predicted molar refractivity (Wildman–Crippen MR) is 120 cm³/mol. The van der Waals surface area contributed by atoms with E-state index in [0.717, 1.165) is 11.6 Å². The van der Waals surface area contributed by atoms with E-state index >= 15 is 0 Å². The third kappa shape index (κ3) is 7.35. The minimum absolute atomic E-state index is 0.0243. The highest BCUT2D eigenvalue weighted by molar-refractivity contribution is 6.31. The molecule has 0 radical (unpaired) electrons. The van der Waals surface area contributed by atoms with Gasteiger partial charge in [0.1, 0.15) is 5.69 Å². The summed E-state index contributed by atoms with van der Waals surface area (Å²) in [6.07, 6.45) is -0.139. The number of nitro groups is 1. The fourth-order valence-corrected chi connectivity index (χ4v) is 2.83. The molecule has 2 rings (SSSR count). The minimum atomic E-state index is -0.744. The summed E-state index contributed by atoms with van der Waals surface area (Å²) < 4.78 is 4.84. The molecule has 170 valence electrons. The molecule has 0 saturated carbocycles. The lowest BCUT2D eigenvalue weighted by Gasteiger charge is -2.19. The van der Waals surface area contributed by atoms with E-state index in [9.17, 15) is 24.5 Å². The summed E-state index contributed by atoms with van der Waals surface area (Å²) >= 11 is 5.72. The number of esters is 1. The first-order chi connectivity index (χ1) is 15.0. The molecular formula is C22H24ClN3O6. The van der Waals surface area contributed by atoms with Gasteiger partial charge in [-0.05, 0) is 35.2 Å². The van der Waals surface area contributed by atoms with Gasteiger partial charge in [-0.3, -0.25) is 24.5 Å². The summed E-state index contributed by atoms with van der Waals surface area (Å²) in [5, 5.41) is 16.1. The van der Waals surface area contributed by atoms with Crippen molar-refractivity contribution in [1.82, 2.24) is 5.32 Å². The second-order valence-electron chi connectivity index (χ2n) is 7.96. The van der Waals surface area contributed by atoms with Gasteiger partial charge in [0, 0.05) is 23.2 Å². The smallest absolute Gasteiger partial charge is 0.308 e. The van der Waals surface area contributed by atoms with E-state index in [-0.39, 0.29) is 40.7 Å². The summed E-state index contributed by atoms with van der Waals surface area (Å²) in [6.45, 7) is 5.63. The molecule has 0 atom stereocenters. The van der Waals surface area contributed by atoms with E-state index in [1.165, 1.54) is 12.1 Å². The van der Waals surface area contributed by atoms with Crippen molar-refractivity contribution in [1.29, 1.82) is 0 Å². The molecule has 0 aliphatic carbocycles. The second kappa shape index (κ2) is 10.7. The molecule has 10 heteroatoms. The number of hydrogen-bond donors (Lipinski definition) is 2. The molecule has 9 nitrogen and oxygen atoms in total. The molecule has 2 N–H and O–H groups in total. The van der Waals surface area contributed by atoms with Crippen molar-refractivity contribution in [3.63, 3.8) is 0 Å². The van der Waals surface area contributed by atoms with Crippen molar-refractivity contribution in [2.24, 2.45) is 0 Å². The third-order valence-corrected chi connectivity index (χ3v) is 4.66. The molecule has 0 spiro atoms. The SMILES string of the molecule is CC(C)(C)c1ccc(C(=O)NCCC(=O)OCC(=O)Nc2ccc(Cl)cc2[N+](=O)[O-])cc1. The number of hydrogen-bond acceptors (Lipinski definition) is 6. The van der Waals surface area contributed by atoms with Gasteiger partial charge in [-0.1, -0.05) is 44.5 Å². The molecule has 0 aromatic heterocycles. The number of halogens is 1. The van der Waals surface area contributed by atoms with Gasteiger partial charge in [0.2, 0.25) is 0 Å². The van der Waals surface area contributed by atoms with Crippen LogP contribution in [0.2, 0.25) is 5.02 Å². The van der Waals surface area contributed by atoms with Gasteiger partial charge in [-0.25, -0.2) is 0 Å². The van der Waals surface area contributed by atoms with E-state index in [2.05, 4.69) is 31.4 Å². The molecule has 0 aliphatic heterocycles. The van der Waals surface area contributed by atoms with Crippen LogP contribution in [-0.2, 0) is 19.7 Å². The Labute approximate surface area is 190 Å². The van der Waals surface area contributed by atoms with Crippen molar-refractivity contribution >= 4 is 40.8 Å². The summed E-state index contributed by atoms with van der Waals surface area (Å²) in [5.41, 5.74) is 1.10. The minimum Gasteiger partial charge on any atom is -0.456 e. The van der Waals surface area contributed by atoms with E-state index in [4.69, 9.17) is 16.3 Å². The quantitative estimate of drug-likeness (QED) is 0.349. The van der Waals surface area contributed by atoms with Crippen molar-refractivity contribution in [3.05, 3.63) is 68.7 Å². The first kappa shape index (κ1) is 24.8. The first-order valence-electron chi connectivity index (χ1n) is 9.75. The van der Waals surface area contributed by atoms with Crippen LogP contribution in [0, 0.1) is 10.1 Å². The van der Waals surface area contributed by atoms with Gasteiger partial charge in [0.05, 0.1) is 11.3 Å². The van der Waals surface area contributed by atoms with Gasteiger partial charge < -0.3 is 15.4 Å². The second-order valence-corrected chi connectivity index (χ2v) is 8.40. The number of amides is 2.